The maximum Gasteiger partial charge on any atom is 0.0615 e. The molecule has 0 aromatic rings. The van der Waals surface area contributed by atoms with E-state index in [1.807, 2.05) is 0 Å². The van der Waals surface area contributed by atoms with Crippen molar-refractivity contribution in [3.8, 4) is 0 Å². The molecule has 14 heavy (non-hydrogen) atoms. The molecular weight excluding hydrogens is 176 g/mol. The van der Waals surface area contributed by atoms with Gasteiger partial charge < -0.3 is 10.1 Å². The number of methoxy groups -OCH3 is 1. The van der Waals surface area contributed by atoms with Crippen molar-refractivity contribution in [3.05, 3.63) is 0 Å². The Hall–Kier alpha value is -0.120. The lowest BCUT2D eigenvalue weighted by molar-refractivity contribution is 0.0925. The second kappa shape index (κ2) is 4.60. The number of nitrogens with zero attached hydrogens (tertiary/aromatic N) is 1. The van der Waals surface area contributed by atoms with Crippen LogP contribution >= 0.6 is 0 Å². The minimum absolute atomic E-state index is 0.297. The molecule has 0 radical (unpaired) electrons. The molecule has 1 aliphatic rings. The standard InChI is InChI=1S/C11H24N2O/c1-9(8-14-5)13(4)10-6-11(2,3)12-7-10/h9-10,12H,6-8H2,1-5H3. The highest BCUT2D eigenvalue weighted by Crippen LogP contribution is 2.22. The van der Waals surface area contributed by atoms with Crippen LogP contribution in [0.3, 0.4) is 0 Å². The SMILES string of the molecule is COCC(C)N(C)C1CNC(C)(C)C1. The van der Waals surface area contributed by atoms with Crippen LogP contribution in [0.5, 0.6) is 0 Å². The number of hydrogen-bond acceptors (Lipinski definition) is 3. The van der Waals surface area contributed by atoms with E-state index in [1.54, 1.807) is 7.11 Å². The van der Waals surface area contributed by atoms with Crippen LogP contribution in [0.25, 0.3) is 0 Å². The van der Waals surface area contributed by atoms with E-state index >= 15 is 0 Å². The molecule has 0 aromatic heterocycles. The molecule has 0 amide bonds. The fourth-order valence-electron chi connectivity index (χ4n) is 2.13. The molecule has 3 heteroatoms. The highest BCUT2D eigenvalue weighted by molar-refractivity contribution is 4.94. The summed E-state index contributed by atoms with van der Waals surface area (Å²) < 4.78 is 5.17. The van der Waals surface area contributed by atoms with Crippen molar-refractivity contribution >= 4 is 0 Å². The molecule has 3 nitrogen and oxygen atoms in total. The molecule has 0 spiro atoms. The van der Waals surface area contributed by atoms with E-state index in [0.29, 0.717) is 17.6 Å². The van der Waals surface area contributed by atoms with Gasteiger partial charge in [-0.3, -0.25) is 4.90 Å². The van der Waals surface area contributed by atoms with E-state index in [0.717, 1.165) is 13.2 Å². The van der Waals surface area contributed by atoms with Crippen LogP contribution in [-0.4, -0.2) is 49.8 Å². The maximum absolute atomic E-state index is 5.17. The predicted molar refractivity (Wildman–Crippen MR) is 59.6 cm³/mol. The normalized spacial score (nSPS) is 28.3. The largest absolute Gasteiger partial charge is 0.383 e. The first-order valence-electron chi connectivity index (χ1n) is 5.42. The van der Waals surface area contributed by atoms with Gasteiger partial charge in [-0.1, -0.05) is 0 Å². The lowest BCUT2D eigenvalue weighted by Crippen LogP contribution is -2.42. The zero-order valence-electron chi connectivity index (χ0n) is 10.1. The van der Waals surface area contributed by atoms with Gasteiger partial charge in [0, 0.05) is 31.3 Å². The average Bonchev–Trinajstić information content (AvgIpc) is 2.45. The van der Waals surface area contributed by atoms with E-state index in [2.05, 4.69) is 38.0 Å². The second-order valence-corrected chi connectivity index (χ2v) is 5.09. The van der Waals surface area contributed by atoms with Crippen LogP contribution in [0.4, 0.5) is 0 Å². The highest BCUT2D eigenvalue weighted by Gasteiger charge is 2.33. The first kappa shape index (κ1) is 12.0. The van der Waals surface area contributed by atoms with Gasteiger partial charge in [0.1, 0.15) is 0 Å². The van der Waals surface area contributed by atoms with Crippen LogP contribution in [0.2, 0.25) is 0 Å². The molecule has 1 saturated heterocycles. The summed E-state index contributed by atoms with van der Waals surface area (Å²) in [5.74, 6) is 0. The van der Waals surface area contributed by atoms with Crippen molar-refractivity contribution in [2.24, 2.45) is 0 Å². The van der Waals surface area contributed by atoms with Gasteiger partial charge in [-0.2, -0.15) is 0 Å². The molecule has 2 unspecified atom stereocenters. The first-order chi connectivity index (χ1) is 6.46. The van der Waals surface area contributed by atoms with E-state index in [4.69, 9.17) is 4.74 Å². The monoisotopic (exact) mass is 200 g/mol. The molecule has 1 fully saturated rings. The molecule has 2 atom stereocenters. The summed E-state index contributed by atoms with van der Waals surface area (Å²) in [6, 6.07) is 1.15. The van der Waals surface area contributed by atoms with Crippen LogP contribution in [-0.2, 0) is 4.74 Å². The van der Waals surface area contributed by atoms with Crippen LogP contribution < -0.4 is 5.32 Å². The Labute approximate surface area is 87.8 Å². The van der Waals surface area contributed by atoms with Gasteiger partial charge in [0.2, 0.25) is 0 Å². The van der Waals surface area contributed by atoms with Crippen molar-refractivity contribution in [2.45, 2.75) is 44.8 Å². The number of ether oxygens (including phenoxy) is 1. The van der Waals surface area contributed by atoms with E-state index in [1.165, 1.54) is 6.42 Å². The second-order valence-electron chi connectivity index (χ2n) is 5.09. The number of hydrogen-bond donors (Lipinski definition) is 1. The summed E-state index contributed by atoms with van der Waals surface area (Å²) >= 11 is 0. The fraction of sp³-hybridized carbons (Fsp3) is 1.00. The van der Waals surface area contributed by atoms with Crippen LogP contribution in [0.1, 0.15) is 27.2 Å². The molecule has 1 rings (SSSR count). The summed E-state index contributed by atoms with van der Waals surface area (Å²) in [4.78, 5) is 2.42. The van der Waals surface area contributed by atoms with Crippen molar-refractivity contribution in [3.63, 3.8) is 0 Å². The van der Waals surface area contributed by atoms with E-state index < -0.39 is 0 Å². The fourth-order valence-corrected chi connectivity index (χ4v) is 2.13. The molecule has 0 aliphatic carbocycles. The lowest BCUT2D eigenvalue weighted by atomic mass is 10.0. The van der Waals surface area contributed by atoms with Gasteiger partial charge in [0.05, 0.1) is 6.61 Å². The predicted octanol–water partition coefficient (Wildman–Crippen LogP) is 1.09. The van der Waals surface area contributed by atoms with Crippen molar-refractivity contribution < 1.29 is 4.74 Å². The van der Waals surface area contributed by atoms with Gasteiger partial charge in [0.25, 0.3) is 0 Å². The van der Waals surface area contributed by atoms with E-state index in [9.17, 15) is 0 Å². The summed E-state index contributed by atoms with van der Waals surface area (Å²) in [6.45, 7) is 8.66. The Balaban J connectivity index is 2.42. The molecule has 1 heterocycles. The minimum Gasteiger partial charge on any atom is -0.383 e. The first-order valence-corrected chi connectivity index (χ1v) is 5.42. The van der Waals surface area contributed by atoms with Crippen molar-refractivity contribution in [1.29, 1.82) is 0 Å². The van der Waals surface area contributed by atoms with Crippen LogP contribution in [0.15, 0.2) is 0 Å². The third-order valence-corrected chi connectivity index (χ3v) is 3.24. The Morgan fingerprint density at radius 3 is 2.64 bits per heavy atom. The van der Waals surface area contributed by atoms with Crippen molar-refractivity contribution in [1.82, 2.24) is 10.2 Å². The molecule has 0 bridgehead atoms. The average molecular weight is 200 g/mol. The molecule has 1 N–H and O–H groups in total. The van der Waals surface area contributed by atoms with E-state index in [-0.39, 0.29) is 0 Å². The zero-order valence-corrected chi connectivity index (χ0v) is 10.1. The molecule has 1 aliphatic heterocycles. The van der Waals surface area contributed by atoms with Crippen molar-refractivity contribution in [2.75, 3.05) is 27.3 Å². The Bertz CT molecular complexity index is 182. The lowest BCUT2D eigenvalue weighted by Gasteiger charge is -2.30. The highest BCUT2D eigenvalue weighted by atomic mass is 16.5. The number of rotatable bonds is 4. The maximum atomic E-state index is 5.17. The Morgan fingerprint density at radius 2 is 2.21 bits per heavy atom. The van der Waals surface area contributed by atoms with Gasteiger partial charge in [-0.25, -0.2) is 0 Å². The van der Waals surface area contributed by atoms with Crippen LogP contribution in [0, 0.1) is 0 Å². The number of nitrogens with one attached hydrogen (secondary N) is 1. The zero-order chi connectivity index (χ0) is 10.8. The van der Waals surface area contributed by atoms with Gasteiger partial charge in [0.15, 0.2) is 0 Å². The third-order valence-electron chi connectivity index (χ3n) is 3.24. The summed E-state index contributed by atoms with van der Waals surface area (Å²) in [7, 11) is 3.96. The number of likely N-dealkylation sites (N-methyl/N-ethyl adjacent to an activating group) is 1. The molecular formula is C11H24N2O. The Morgan fingerprint density at radius 1 is 1.57 bits per heavy atom. The van der Waals surface area contributed by atoms with Gasteiger partial charge in [-0.15, -0.1) is 0 Å². The summed E-state index contributed by atoms with van der Waals surface area (Å²) in [5.41, 5.74) is 0.297. The molecule has 84 valence electrons. The third kappa shape index (κ3) is 2.94. The quantitative estimate of drug-likeness (QED) is 0.735. The summed E-state index contributed by atoms with van der Waals surface area (Å²) in [5, 5.41) is 3.54. The minimum atomic E-state index is 0.297. The smallest absolute Gasteiger partial charge is 0.0615 e. The molecule has 0 saturated carbocycles. The summed E-state index contributed by atoms with van der Waals surface area (Å²) in [6.07, 6.45) is 1.22. The van der Waals surface area contributed by atoms with Gasteiger partial charge in [-0.05, 0) is 34.2 Å². The topological polar surface area (TPSA) is 24.5 Å². The van der Waals surface area contributed by atoms with Gasteiger partial charge >= 0.3 is 0 Å². The Kier molecular flexibility index (Phi) is 3.93. The molecule has 0 aromatic carbocycles.